The molecular weight excluding hydrogens is 527 g/mol. The number of amides is 2. The van der Waals surface area contributed by atoms with Gasteiger partial charge >= 0.3 is 6.09 Å². The van der Waals surface area contributed by atoms with E-state index in [4.69, 9.17) is 9.47 Å². The van der Waals surface area contributed by atoms with E-state index in [0.717, 1.165) is 6.04 Å². The van der Waals surface area contributed by atoms with Crippen LogP contribution in [0.4, 0.5) is 14.9 Å². The zero-order valence-electron chi connectivity index (χ0n) is 22.7. The van der Waals surface area contributed by atoms with E-state index >= 15 is 0 Å². The first-order valence-corrected chi connectivity index (χ1v) is 17.9. The summed E-state index contributed by atoms with van der Waals surface area (Å²) >= 11 is 0. The summed E-state index contributed by atoms with van der Waals surface area (Å²) in [5, 5.41) is 2.36. The second kappa shape index (κ2) is 12.3. The van der Waals surface area contributed by atoms with Gasteiger partial charge in [-0.05, 0) is 60.7 Å². The molecule has 0 heterocycles. The average Bonchev–Trinajstić information content (AvgIpc) is 3.68. The topological polar surface area (TPSA) is 102 Å². The van der Waals surface area contributed by atoms with Crippen molar-refractivity contribution in [3.63, 3.8) is 0 Å². The highest BCUT2D eigenvalue weighted by Crippen LogP contribution is 2.36. The minimum absolute atomic E-state index is 0.0112. The van der Waals surface area contributed by atoms with Crippen LogP contribution >= 0.6 is 0 Å². The van der Waals surface area contributed by atoms with E-state index in [2.05, 4.69) is 25.0 Å². The number of carbonyl (C=O) groups excluding carboxylic acids is 2. The highest BCUT2D eigenvalue weighted by atomic mass is 32.2. The molecule has 0 unspecified atom stereocenters. The van der Waals surface area contributed by atoms with E-state index in [0.29, 0.717) is 36.3 Å². The number of methoxy groups -OCH3 is 1. The monoisotopic (exact) mass is 564 g/mol. The van der Waals surface area contributed by atoms with Crippen LogP contribution in [0, 0.1) is 5.82 Å². The molecular formula is C27H37FN2O6SSi. The van der Waals surface area contributed by atoms with Crippen LogP contribution in [0.1, 0.15) is 30.4 Å². The molecule has 2 amide bonds. The lowest BCUT2D eigenvalue weighted by atomic mass is 10.1. The zero-order valence-corrected chi connectivity index (χ0v) is 24.5. The third kappa shape index (κ3) is 8.04. The lowest BCUT2D eigenvalue weighted by Gasteiger charge is -2.21. The van der Waals surface area contributed by atoms with Crippen molar-refractivity contribution >= 4 is 35.6 Å². The van der Waals surface area contributed by atoms with Crippen LogP contribution in [0.15, 0.2) is 41.3 Å². The molecule has 38 heavy (non-hydrogen) atoms. The Morgan fingerprint density at radius 1 is 1.13 bits per heavy atom. The van der Waals surface area contributed by atoms with Gasteiger partial charge in [-0.3, -0.25) is 4.79 Å². The Hall–Kier alpha value is -2.92. The highest BCUT2D eigenvalue weighted by Gasteiger charge is 2.38. The number of hydrogen-bond acceptors (Lipinski definition) is 6. The fourth-order valence-electron chi connectivity index (χ4n) is 3.94. The van der Waals surface area contributed by atoms with Gasteiger partial charge in [-0.25, -0.2) is 17.6 Å². The van der Waals surface area contributed by atoms with Crippen LogP contribution < -0.4 is 10.1 Å². The Kier molecular flexibility index (Phi) is 9.58. The predicted molar refractivity (Wildman–Crippen MR) is 148 cm³/mol. The van der Waals surface area contributed by atoms with E-state index in [1.165, 1.54) is 24.1 Å². The molecule has 11 heteroatoms. The molecule has 2 aromatic rings. The number of hydrogen-bond donors (Lipinski definition) is 1. The number of nitrogens with one attached hydrogen (secondary N) is 1. The molecule has 0 bridgehead atoms. The number of benzene rings is 2. The number of anilines is 1. The number of rotatable bonds is 12. The second-order valence-electron chi connectivity index (χ2n) is 10.8. The van der Waals surface area contributed by atoms with Crippen molar-refractivity contribution < 1.29 is 31.9 Å². The molecule has 1 aliphatic rings. The maximum Gasteiger partial charge on any atom is 0.409 e. The van der Waals surface area contributed by atoms with Gasteiger partial charge in [0.2, 0.25) is 5.91 Å². The van der Waals surface area contributed by atoms with Crippen molar-refractivity contribution in [3.05, 3.63) is 53.3 Å². The molecule has 1 aliphatic carbocycles. The summed E-state index contributed by atoms with van der Waals surface area (Å²) in [6.45, 7) is 6.89. The van der Waals surface area contributed by atoms with E-state index in [1.54, 1.807) is 31.3 Å². The van der Waals surface area contributed by atoms with Crippen molar-refractivity contribution in [2.75, 3.05) is 26.1 Å². The fourth-order valence-corrected chi connectivity index (χ4v) is 6.52. The van der Waals surface area contributed by atoms with Crippen LogP contribution in [-0.2, 0) is 32.3 Å². The molecule has 0 aromatic heterocycles. The normalized spacial score (nSPS) is 13.6. The summed E-state index contributed by atoms with van der Waals surface area (Å²) in [6.07, 6.45) is 1.02. The molecule has 0 atom stereocenters. The van der Waals surface area contributed by atoms with Gasteiger partial charge in [-0.1, -0.05) is 31.8 Å². The summed E-state index contributed by atoms with van der Waals surface area (Å²) in [5.41, 5.74) is 1.39. The third-order valence-corrected chi connectivity index (χ3v) is 10.3. The van der Waals surface area contributed by atoms with Gasteiger partial charge in [0.05, 0.1) is 30.4 Å². The fraction of sp³-hybridized carbons (Fsp3) is 0.481. The Morgan fingerprint density at radius 2 is 1.84 bits per heavy atom. The van der Waals surface area contributed by atoms with E-state index in [-0.39, 0.29) is 35.9 Å². The van der Waals surface area contributed by atoms with Gasteiger partial charge < -0.3 is 19.7 Å². The number of nitrogens with zero attached hydrogens (tertiary/aromatic N) is 1. The maximum absolute atomic E-state index is 13.9. The molecule has 1 saturated carbocycles. The first kappa shape index (κ1) is 29.6. The maximum atomic E-state index is 13.9. The Bertz CT molecular complexity index is 1270. The highest BCUT2D eigenvalue weighted by molar-refractivity contribution is 7.92. The molecule has 3 rings (SSSR count). The van der Waals surface area contributed by atoms with Crippen molar-refractivity contribution in [2.45, 2.75) is 68.1 Å². The van der Waals surface area contributed by atoms with Crippen LogP contribution in [-0.4, -0.2) is 59.4 Å². The molecule has 1 fully saturated rings. The number of aryl methyl sites for hydroxylation is 1. The quantitative estimate of drug-likeness (QED) is 0.354. The largest absolute Gasteiger partial charge is 0.493 e. The Labute approximate surface area is 225 Å². The first-order valence-electron chi connectivity index (χ1n) is 12.7. The first-order chi connectivity index (χ1) is 17.8. The predicted octanol–water partition coefficient (Wildman–Crippen LogP) is 5.25. The standard InChI is InChI=1S/C27H37FN2O6SSi/c1-30(27(32)36-15-16-38(3,4)5)18-20-17-21(10-13-24(20)37(33,34)22-11-12-22)29-25(31)14-9-19-7-6-8-23(28)26(19)35-2/h6-8,10,13,17,22H,9,11-12,14-16,18H2,1-5H3,(H,29,31). The minimum atomic E-state index is -3.54. The molecule has 0 aliphatic heterocycles. The summed E-state index contributed by atoms with van der Waals surface area (Å²) < 4.78 is 50.6. The van der Waals surface area contributed by atoms with Gasteiger partial charge in [0.25, 0.3) is 0 Å². The van der Waals surface area contributed by atoms with Crippen molar-refractivity contribution in [3.8, 4) is 5.75 Å². The summed E-state index contributed by atoms with van der Waals surface area (Å²) in [5.74, 6) is -0.707. The summed E-state index contributed by atoms with van der Waals surface area (Å²) in [7, 11) is -1.98. The molecule has 8 nitrogen and oxygen atoms in total. The SMILES string of the molecule is COc1c(F)cccc1CCC(=O)Nc1ccc(S(=O)(=O)C2CC2)c(CN(C)C(=O)OCC[Si](C)(C)C)c1. The Morgan fingerprint density at radius 3 is 2.47 bits per heavy atom. The third-order valence-electron chi connectivity index (χ3n) is 6.28. The minimum Gasteiger partial charge on any atom is -0.493 e. The smallest absolute Gasteiger partial charge is 0.409 e. The molecule has 0 spiro atoms. The van der Waals surface area contributed by atoms with Crippen LogP contribution in [0.2, 0.25) is 25.7 Å². The summed E-state index contributed by atoms with van der Waals surface area (Å²) in [6, 6.07) is 10.00. The van der Waals surface area contributed by atoms with E-state index in [9.17, 15) is 22.4 Å². The van der Waals surface area contributed by atoms with Gasteiger partial charge in [0.15, 0.2) is 21.4 Å². The van der Waals surface area contributed by atoms with Crippen LogP contribution in [0.5, 0.6) is 5.75 Å². The van der Waals surface area contributed by atoms with E-state index in [1.807, 2.05) is 0 Å². The number of para-hydroxylation sites is 1. The number of carbonyl (C=O) groups is 2. The molecule has 0 saturated heterocycles. The van der Waals surface area contributed by atoms with E-state index < -0.39 is 35.1 Å². The molecule has 1 N–H and O–H groups in total. The van der Waals surface area contributed by atoms with Crippen LogP contribution in [0.3, 0.4) is 0 Å². The van der Waals surface area contributed by atoms with Crippen molar-refractivity contribution in [1.82, 2.24) is 4.90 Å². The van der Waals surface area contributed by atoms with Crippen molar-refractivity contribution in [1.29, 1.82) is 0 Å². The lowest BCUT2D eigenvalue weighted by Crippen LogP contribution is -2.30. The molecule has 208 valence electrons. The van der Waals surface area contributed by atoms with Crippen molar-refractivity contribution in [2.24, 2.45) is 0 Å². The van der Waals surface area contributed by atoms with Gasteiger partial charge in [-0.2, -0.15) is 0 Å². The zero-order chi connectivity index (χ0) is 28.1. The summed E-state index contributed by atoms with van der Waals surface area (Å²) in [4.78, 5) is 26.7. The van der Waals surface area contributed by atoms with Gasteiger partial charge in [0.1, 0.15) is 0 Å². The lowest BCUT2D eigenvalue weighted by molar-refractivity contribution is -0.116. The number of sulfone groups is 1. The number of ether oxygens (including phenoxy) is 2. The Balaban J connectivity index is 1.73. The second-order valence-corrected chi connectivity index (χ2v) is 18.6. The van der Waals surface area contributed by atoms with Gasteiger partial charge in [0, 0.05) is 27.2 Å². The van der Waals surface area contributed by atoms with Gasteiger partial charge in [-0.15, -0.1) is 0 Å². The molecule has 2 aromatic carbocycles. The average molecular weight is 565 g/mol. The number of halogens is 1. The van der Waals surface area contributed by atoms with Crippen LogP contribution in [0.25, 0.3) is 0 Å². The molecule has 0 radical (unpaired) electrons.